The zero-order valence-electron chi connectivity index (χ0n) is 11.6. The summed E-state index contributed by atoms with van der Waals surface area (Å²) in [4.78, 5) is 28.3. The first-order valence-corrected chi connectivity index (χ1v) is 7.19. The number of hydrogen-bond acceptors (Lipinski definition) is 4. The highest BCUT2D eigenvalue weighted by Gasteiger charge is 2.13. The van der Waals surface area contributed by atoms with Crippen LogP contribution in [-0.2, 0) is 6.42 Å². The number of hydrogen-bond donors (Lipinski definition) is 3. The minimum absolute atomic E-state index is 0.0391. The molecule has 0 aliphatic heterocycles. The molecule has 0 bridgehead atoms. The van der Waals surface area contributed by atoms with Crippen LogP contribution in [0.25, 0.3) is 0 Å². The van der Waals surface area contributed by atoms with Gasteiger partial charge in [0.1, 0.15) is 0 Å². The Bertz CT molecular complexity index is 682. The molecule has 0 aliphatic rings. The number of aromatic carboxylic acids is 1. The first kappa shape index (κ1) is 15.0. The van der Waals surface area contributed by atoms with Crippen LogP contribution >= 0.6 is 11.3 Å². The van der Waals surface area contributed by atoms with Crippen molar-refractivity contribution in [2.45, 2.75) is 20.3 Å². The summed E-state index contributed by atoms with van der Waals surface area (Å²) >= 11 is 1.39. The fourth-order valence-electron chi connectivity index (χ4n) is 1.84. The number of anilines is 2. The summed E-state index contributed by atoms with van der Waals surface area (Å²) in [5, 5.41) is 14.7. The van der Waals surface area contributed by atoms with Crippen LogP contribution in [0.1, 0.15) is 27.9 Å². The molecule has 0 fully saturated rings. The molecule has 1 aromatic heterocycles. The fraction of sp³-hybridized carbons (Fsp3) is 0.214. The van der Waals surface area contributed by atoms with Crippen molar-refractivity contribution in [3.63, 3.8) is 0 Å². The van der Waals surface area contributed by atoms with Crippen molar-refractivity contribution >= 4 is 34.2 Å². The predicted molar refractivity (Wildman–Crippen MR) is 82.3 cm³/mol. The van der Waals surface area contributed by atoms with Crippen LogP contribution in [0.4, 0.5) is 15.6 Å². The molecular formula is C14H15N3O3S. The summed E-state index contributed by atoms with van der Waals surface area (Å²) in [5.41, 5.74) is 1.23. The Morgan fingerprint density at radius 1 is 1.29 bits per heavy atom. The molecule has 3 N–H and O–H groups in total. The van der Waals surface area contributed by atoms with Gasteiger partial charge in [-0.05, 0) is 25.5 Å². The Morgan fingerprint density at radius 2 is 2.00 bits per heavy atom. The van der Waals surface area contributed by atoms with Crippen LogP contribution in [0.15, 0.2) is 24.3 Å². The number of nitrogens with one attached hydrogen (secondary N) is 2. The second-order valence-corrected chi connectivity index (χ2v) is 5.51. The maximum Gasteiger partial charge on any atom is 0.337 e. The van der Waals surface area contributed by atoms with Gasteiger partial charge in [0.25, 0.3) is 0 Å². The number of nitrogens with zero attached hydrogens (tertiary/aromatic N) is 1. The summed E-state index contributed by atoms with van der Waals surface area (Å²) in [6, 6.07) is 5.71. The summed E-state index contributed by atoms with van der Waals surface area (Å²) in [6.07, 6.45) is 0.799. The van der Waals surface area contributed by atoms with Gasteiger partial charge in [-0.3, -0.25) is 5.32 Å². The predicted octanol–water partition coefficient (Wildman–Crippen LogP) is 3.36. The SMILES string of the molecule is CCc1nc(NC(=O)Nc2ccccc2C(=O)O)sc1C. The van der Waals surface area contributed by atoms with E-state index in [1.807, 2.05) is 13.8 Å². The highest BCUT2D eigenvalue weighted by atomic mass is 32.1. The first-order chi connectivity index (χ1) is 10.0. The lowest BCUT2D eigenvalue weighted by molar-refractivity contribution is 0.0698. The van der Waals surface area contributed by atoms with Crippen LogP contribution in [0, 0.1) is 6.92 Å². The van der Waals surface area contributed by atoms with E-state index in [2.05, 4.69) is 15.6 Å². The zero-order valence-corrected chi connectivity index (χ0v) is 12.5. The highest BCUT2D eigenvalue weighted by molar-refractivity contribution is 7.15. The molecule has 2 aromatic rings. The van der Waals surface area contributed by atoms with E-state index in [-0.39, 0.29) is 11.3 Å². The first-order valence-electron chi connectivity index (χ1n) is 6.38. The molecule has 0 unspecified atom stereocenters. The summed E-state index contributed by atoms with van der Waals surface area (Å²) < 4.78 is 0. The van der Waals surface area contributed by atoms with E-state index in [1.54, 1.807) is 12.1 Å². The van der Waals surface area contributed by atoms with Gasteiger partial charge in [-0.25, -0.2) is 14.6 Å². The van der Waals surface area contributed by atoms with Crippen LogP contribution in [0.3, 0.4) is 0 Å². The number of para-hydroxylation sites is 1. The van der Waals surface area contributed by atoms with Gasteiger partial charge in [0, 0.05) is 4.88 Å². The number of carboxylic acid groups (broad SMARTS) is 1. The smallest absolute Gasteiger partial charge is 0.337 e. The lowest BCUT2D eigenvalue weighted by Crippen LogP contribution is -2.20. The van der Waals surface area contributed by atoms with Gasteiger partial charge in [0.15, 0.2) is 5.13 Å². The van der Waals surface area contributed by atoms with Gasteiger partial charge >= 0.3 is 12.0 Å². The van der Waals surface area contributed by atoms with Crippen LogP contribution in [0.5, 0.6) is 0 Å². The van der Waals surface area contributed by atoms with Gasteiger partial charge in [-0.15, -0.1) is 11.3 Å². The molecule has 110 valence electrons. The number of thiazole rings is 1. The average molecular weight is 305 g/mol. The lowest BCUT2D eigenvalue weighted by Gasteiger charge is -2.08. The molecule has 1 heterocycles. The number of carboxylic acids is 1. The number of urea groups is 1. The van der Waals surface area contributed by atoms with Gasteiger partial charge < -0.3 is 10.4 Å². The Balaban J connectivity index is 2.10. The Labute approximate surface area is 125 Å². The number of carbonyl (C=O) groups excluding carboxylic acids is 1. The third-order valence-electron chi connectivity index (χ3n) is 2.85. The molecule has 0 radical (unpaired) electrons. The topological polar surface area (TPSA) is 91.3 Å². The van der Waals surface area contributed by atoms with E-state index in [1.165, 1.54) is 23.5 Å². The van der Waals surface area contributed by atoms with Crippen molar-refractivity contribution in [3.8, 4) is 0 Å². The standard InChI is InChI=1S/C14H15N3O3S/c1-3-10-8(2)21-14(16-10)17-13(20)15-11-7-5-4-6-9(11)12(18)19/h4-7H,3H2,1-2H3,(H,18,19)(H2,15,16,17,20). The monoisotopic (exact) mass is 305 g/mol. The molecule has 2 amide bonds. The highest BCUT2D eigenvalue weighted by Crippen LogP contribution is 2.23. The zero-order chi connectivity index (χ0) is 15.4. The van der Waals surface area contributed by atoms with Crippen molar-refractivity contribution in [2.24, 2.45) is 0 Å². The molecule has 0 atom stereocenters. The van der Waals surface area contributed by atoms with Crippen molar-refractivity contribution in [3.05, 3.63) is 40.4 Å². The number of aromatic nitrogens is 1. The summed E-state index contributed by atoms with van der Waals surface area (Å²) in [6.45, 7) is 3.94. The molecule has 2 rings (SSSR count). The molecule has 21 heavy (non-hydrogen) atoms. The maximum absolute atomic E-state index is 11.9. The number of benzene rings is 1. The molecule has 0 spiro atoms. The summed E-state index contributed by atoms with van der Waals surface area (Å²) in [7, 11) is 0. The molecule has 7 heteroatoms. The van der Waals surface area contributed by atoms with Crippen molar-refractivity contribution < 1.29 is 14.7 Å². The quantitative estimate of drug-likeness (QED) is 0.807. The fourth-order valence-corrected chi connectivity index (χ4v) is 2.74. The van der Waals surface area contributed by atoms with Gasteiger partial charge in [0.05, 0.1) is 16.9 Å². The minimum atomic E-state index is -1.09. The normalized spacial score (nSPS) is 10.2. The van der Waals surface area contributed by atoms with Crippen LogP contribution < -0.4 is 10.6 Å². The largest absolute Gasteiger partial charge is 0.478 e. The third kappa shape index (κ3) is 3.57. The Morgan fingerprint density at radius 3 is 2.62 bits per heavy atom. The molecule has 1 aromatic carbocycles. The maximum atomic E-state index is 11.9. The van der Waals surface area contributed by atoms with Gasteiger partial charge in [0.2, 0.25) is 0 Å². The van der Waals surface area contributed by atoms with Crippen LogP contribution in [0.2, 0.25) is 0 Å². The molecule has 0 saturated carbocycles. The minimum Gasteiger partial charge on any atom is -0.478 e. The Kier molecular flexibility index (Phi) is 4.54. The van der Waals surface area contributed by atoms with Crippen molar-refractivity contribution in [1.82, 2.24) is 4.98 Å². The molecule has 0 aliphatic carbocycles. The van der Waals surface area contributed by atoms with Crippen molar-refractivity contribution in [1.29, 1.82) is 0 Å². The summed E-state index contributed by atoms with van der Waals surface area (Å²) in [5.74, 6) is -1.09. The van der Waals surface area contributed by atoms with E-state index in [0.717, 1.165) is 17.0 Å². The van der Waals surface area contributed by atoms with Crippen LogP contribution in [-0.4, -0.2) is 22.1 Å². The average Bonchev–Trinajstić information content (AvgIpc) is 2.78. The van der Waals surface area contributed by atoms with Crippen molar-refractivity contribution in [2.75, 3.05) is 10.6 Å². The van der Waals surface area contributed by atoms with E-state index < -0.39 is 12.0 Å². The van der Waals surface area contributed by atoms with Gasteiger partial charge in [-0.2, -0.15) is 0 Å². The number of amides is 2. The van der Waals surface area contributed by atoms with E-state index in [0.29, 0.717) is 5.13 Å². The van der Waals surface area contributed by atoms with E-state index in [4.69, 9.17) is 5.11 Å². The second-order valence-electron chi connectivity index (χ2n) is 4.31. The molecule has 6 nitrogen and oxygen atoms in total. The van der Waals surface area contributed by atoms with E-state index in [9.17, 15) is 9.59 Å². The molecule has 0 saturated heterocycles. The Hall–Kier alpha value is -2.41. The molecular weight excluding hydrogens is 290 g/mol. The lowest BCUT2D eigenvalue weighted by atomic mass is 10.2. The number of rotatable bonds is 4. The second kappa shape index (κ2) is 6.36. The number of carbonyl (C=O) groups is 2. The van der Waals surface area contributed by atoms with E-state index >= 15 is 0 Å². The third-order valence-corrected chi connectivity index (χ3v) is 3.78. The number of aryl methyl sites for hydroxylation is 2. The van der Waals surface area contributed by atoms with Gasteiger partial charge in [-0.1, -0.05) is 19.1 Å².